The molecule has 0 saturated carbocycles. The van der Waals surface area contributed by atoms with Gasteiger partial charge in [-0.1, -0.05) is 6.07 Å². The lowest BCUT2D eigenvalue weighted by molar-refractivity contribution is 0.142. The van der Waals surface area contributed by atoms with Gasteiger partial charge in [-0.05, 0) is 38.1 Å². The molecule has 0 bridgehead atoms. The minimum absolute atomic E-state index is 0.291. The van der Waals surface area contributed by atoms with Gasteiger partial charge in [-0.2, -0.15) is 0 Å². The second-order valence-corrected chi connectivity index (χ2v) is 4.55. The number of methoxy groups -OCH3 is 2. The second-order valence-electron chi connectivity index (χ2n) is 4.55. The minimum Gasteiger partial charge on any atom is -0.493 e. The Balaban J connectivity index is 2.57. The molecule has 0 spiro atoms. The van der Waals surface area contributed by atoms with E-state index < -0.39 is 0 Å². The topological polar surface area (TPSA) is 41.9 Å². The summed E-state index contributed by atoms with van der Waals surface area (Å²) in [5, 5.41) is 9.29. The number of rotatable bonds is 7. The lowest BCUT2D eigenvalue weighted by Gasteiger charge is -2.18. The van der Waals surface area contributed by atoms with Crippen molar-refractivity contribution in [2.75, 3.05) is 34.4 Å². The fourth-order valence-electron chi connectivity index (χ4n) is 1.90. The third-order valence-corrected chi connectivity index (χ3v) is 2.81. The molecule has 4 heteroatoms. The highest BCUT2D eigenvalue weighted by molar-refractivity contribution is 5.42. The summed E-state index contributed by atoms with van der Waals surface area (Å²) in [6, 6.07) is 5.95. The van der Waals surface area contributed by atoms with Gasteiger partial charge in [0.25, 0.3) is 0 Å². The summed E-state index contributed by atoms with van der Waals surface area (Å²) in [6.45, 7) is 3.39. The number of hydrogen-bond donors (Lipinski definition) is 1. The van der Waals surface area contributed by atoms with Gasteiger partial charge in [-0.15, -0.1) is 0 Å². The minimum atomic E-state index is -0.291. The van der Waals surface area contributed by atoms with Crippen LogP contribution in [0.5, 0.6) is 11.5 Å². The Morgan fingerprint density at radius 2 is 1.89 bits per heavy atom. The first kappa shape index (κ1) is 14.8. The van der Waals surface area contributed by atoms with Crippen LogP contribution >= 0.6 is 0 Å². The third kappa shape index (κ3) is 4.55. The summed E-state index contributed by atoms with van der Waals surface area (Å²) in [5.41, 5.74) is 1.20. The molecule has 1 rings (SSSR count). The monoisotopic (exact) mass is 253 g/mol. The fourth-order valence-corrected chi connectivity index (χ4v) is 1.90. The molecule has 0 aromatic heterocycles. The van der Waals surface area contributed by atoms with Crippen LogP contribution in [0.25, 0.3) is 0 Å². The van der Waals surface area contributed by atoms with Crippen molar-refractivity contribution < 1.29 is 14.6 Å². The van der Waals surface area contributed by atoms with E-state index in [1.54, 1.807) is 21.1 Å². The van der Waals surface area contributed by atoms with Gasteiger partial charge < -0.3 is 19.5 Å². The first-order valence-corrected chi connectivity index (χ1v) is 6.14. The quantitative estimate of drug-likeness (QED) is 0.800. The van der Waals surface area contributed by atoms with Crippen molar-refractivity contribution in [2.24, 2.45) is 0 Å². The zero-order valence-electron chi connectivity index (χ0n) is 11.6. The van der Waals surface area contributed by atoms with Gasteiger partial charge in [-0.3, -0.25) is 0 Å². The van der Waals surface area contributed by atoms with Crippen molar-refractivity contribution in [3.63, 3.8) is 0 Å². The van der Waals surface area contributed by atoms with Crippen LogP contribution in [0.2, 0.25) is 0 Å². The molecule has 1 aromatic carbocycles. The van der Waals surface area contributed by atoms with Crippen LogP contribution < -0.4 is 9.47 Å². The summed E-state index contributed by atoms with van der Waals surface area (Å²) in [5.74, 6) is 1.51. The van der Waals surface area contributed by atoms with E-state index >= 15 is 0 Å². The van der Waals surface area contributed by atoms with Crippen molar-refractivity contribution in [1.29, 1.82) is 0 Å². The van der Waals surface area contributed by atoms with E-state index in [0.29, 0.717) is 6.54 Å². The number of aliphatic hydroxyl groups is 1. The molecule has 4 nitrogen and oxygen atoms in total. The Labute approximate surface area is 109 Å². The van der Waals surface area contributed by atoms with Gasteiger partial charge in [0.2, 0.25) is 0 Å². The van der Waals surface area contributed by atoms with Crippen molar-refractivity contribution >= 4 is 0 Å². The maximum Gasteiger partial charge on any atom is 0.160 e. The molecule has 0 fully saturated rings. The van der Waals surface area contributed by atoms with E-state index in [-0.39, 0.29) is 6.10 Å². The van der Waals surface area contributed by atoms with Crippen molar-refractivity contribution in [3.05, 3.63) is 23.8 Å². The first-order valence-electron chi connectivity index (χ1n) is 6.14. The number of hydrogen-bond acceptors (Lipinski definition) is 4. The Hall–Kier alpha value is -1.26. The lowest BCUT2D eigenvalue weighted by Crippen LogP contribution is -2.29. The summed E-state index contributed by atoms with van der Waals surface area (Å²) < 4.78 is 10.5. The number of nitrogens with zero attached hydrogens (tertiary/aromatic N) is 1. The zero-order chi connectivity index (χ0) is 13.5. The molecule has 102 valence electrons. The first-order chi connectivity index (χ1) is 8.56. The standard InChI is InChI=1S/C14H23NO3/c1-11(16)10-15(2)8-7-12-5-6-13(17-3)14(9-12)18-4/h5-6,9,11,16H,7-8,10H2,1-4H3. The number of aliphatic hydroxyl groups excluding tert-OH is 1. The Kier molecular flexibility index (Phi) is 5.95. The molecule has 1 N–H and O–H groups in total. The Morgan fingerprint density at radius 3 is 2.44 bits per heavy atom. The maximum absolute atomic E-state index is 9.29. The van der Waals surface area contributed by atoms with E-state index in [1.165, 1.54) is 5.56 Å². The molecular formula is C14H23NO3. The highest BCUT2D eigenvalue weighted by Gasteiger charge is 2.06. The van der Waals surface area contributed by atoms with Gasteiger partial charge in [0, 0.05) is 13.1 Å². The summed E-state index contributed by atoms with van der Waals surface area (Å²) in [6.07, 6.45) is 0.629. The van der Waals surface area contributed by atoms with Crippen LogP contribution in [0.3, 0.4) is 0 Å². The molecule has 0 heterocycles. The number of likely N-dealkylation sites (N-methyl/N-ethyl adjacent to an activating group) is 1. The molecular weight excluding hydrogens is 230 g/mol. The molecule has 1 aromatic rings. The van der Waals surface area contributed by atoms with E-state index in [2.05, 4.69) is 4.90 Å². The molecule has 18 heavy (non-hydrogen) atoms. The molecule has 0 saturated heterocycles. The van der Waals surface area contributed by atoms with E-state index in [1.807, 2.05) is 25.2 Å². The van der Waals surface area contributed by atoms with Crippen molar-refractivity contribution in [2.45, 2.75) is 19.4 Å². The molecule has 1 atom stereocenters. The molecule has 0 aliphatic heterocycles. The highest BCUT2D eigenvalue weighted by atomic mass is 16.5. The van der Waals surface area contributed by atoms with Gasteiger partial charge >= 0.3 is 0 Å². The Bertz CT molecular complexity index is 366. The highest BCUT2D eigenvalue weighted by Crippen LogP contribution is 2.27. The van der Waals surface area contributed by atoms with E-state index in [9.17, 15) is 5.11 Å². The summed E-state index contributed by atoms with van der Waals surface area (Å²) in [4.78, 5) is 2.11. The molecule has 1 unspecified atom stereocenters. The average Bonchev–Trinajstić information content (AvgIpc) is 2.35. The van der Waals surface area contributed by atoms with Crippen LogP contribution in [0.4, 0.5) is 0 Å². The summed E-state index contributed by atoms with van der Waals surface area (Å²) >= 11 is 0. The smallest absolute Gasteiger partial charge is 0.160 e. The van der Waals surface area contributed by atoms with Gasteiger partial charge in [0.1, 0.15) is 0 Å². The van der Waals surface area contributed by atoms with Crippen LogP contribution in [-0.2, 0) is 6.42 Å². The fraction of sp³-hybridized carbons (Fsp3) is 0.571. The Morgan fingerprint density at radius 1 is 1.22 bits per heavy atom. The van der Waals surface area contributed by atoms with Crippen LogP contribution in [0, 0.1) is 0 Å². The van der Waals surface area contributed by atoms with Crippen LogP contribution in [0.1, 0.15) is 12.5 Å². The largest absolute Gasteiger partial charge is 0.493 e. The second kappa shape index (κ2) is 7.24. The van der Waals surface area contributed by atoms with E-state index in [0.717, 1.165) is 24.5 Å². The molecule has 0 radical (unpaired) electrons. The molecule has 0 amide bonds. The van der Waals surface area contributed by atoms with Gasteiger partial charge in [0.05, 0.1) is 20.3 Å². The average molecular weight is 253 g/mol. The van der Waals surface area contributed by atoms with Crippen molar-refractivity contribution in [3.8, 4) is 11.5 Å². The normalized spacial score (nSPS) is 12.6. The predicted octanol–water partition coefficient (Wildman–Crippen LogP) is 1.56. The van der Waals surface area contributed by atoms with E-state index in [4.69, 9.17) is 9.47 Å². The molecule has 0 aliphatic carbocycles. The van der Waals surface area contributed by atoms with Crippen LogP contribution in [0.15, 0.2) is 18.2 Å². The predicted molar refractivity (Wildman–Crippen MR) is 72.4 cm³/mol. The van der Waals surface area contributed by atoms with Gasteiger partial charge in [-0.25, -0.2) is 0 Å². The SMILES string of the molecule is COc1ccc(CCN(C)CC(C)O)cc1OC. The van der Waals surface area contributed by atoms with Crippen molar-refractivity contribution in [1.82, 2.24) is 4.90 Å². The summed E-state index contributed by atoms with van der Waals surface area (Å²) in [7, 11) is 5.28. The zero-order valence-corrected chi connectivity index (χ0v) is 11.6. The third-order valence-electron chi connectivity index (χ3n) is 2.81. The van der Waals surface area contributed by atoms with Gasteiger partial charge in [0.15, 0.2) is 11.5 Å². The lowest BCUT2D eigenvalue weighted by atomic mass is 10.1. The number of benzene rings is 1. The maximum atomic E-state index is 9.29. The molecule has 0 aliphatic rings. The van der Waals surface area contributed by atoms with Crippen LogP contribution in [-0.4, -0.2) is 50.5 Å². The number of ether oxygens (including phenoxy) is 2.